The summed E-state index contributed by atoms with van der Waals surface area (Å²) in [5.41, 5.74) is 5.65. The summed E-state index contributed by atoms with van der Waals surface area (Å²) in [6, 6.07) is 19.1. The van der Waals surface area contributed by atoms with Crippen molar-refractivity contribution in [2.45, 2.75) is 25.9 Å². The first-order chi connectivity index (χ1) is 19.5. The molecule has 2 atom stereocenters. The minimum absolute atomic E-state index is 0.209. The Kier molecular flexibility index (Phi) is 7.45. The van der Waals surface area contributed by atoms with Gasteiger partial charge in [0, 0.05) is 29.0 Å². The second-order valence-corrected chi connectivity index (χ2v) is 11.9. The van der Waals surface area contributed by atoms with Crippen LogP contribution in [-0.4, -0.2) is 47.5 Å². The van der Waals surface area contributed by atoms with Crippen LogP contribution in [0.4, 0.5) is 11.4 Å². The van der Waals surface area contributed by atoms with Crippen LogP contribution in [-0.2, 0) is 10.0 Å². The van der Waals surface area contributed by atoms with Crippen LogP contribution in [0.1, 0.15) is 45.1 Å². The minimum atomic E-state index is -3.58. The Morgan fingerprint density at radius 3 is 2.39 bits per heavy atom. The number of pyridine rings is 1. The lowest BCUT2D eigenvalue weighted by atomic mass is 9.96. The smallest absolute Gasteiger partial charge is 0.335 e. The number of nitrogens with zero attached hydrogens (tertiary/aromatic N) is 3. The molecule has 10 nitrogen and oxygen atoms in total. The highest BCUT2D eigenvalue weighted by Gasteiger charge is 2.42. The Balaban J connectivity index is 1.66. The van der Waals surface area contributed by atoms with E-state index in [0.29, 0.717) is 22.2 Å². The molecule has 0 amide bonds. The standard InChI is InChI=1S/C29H29N5O5S2/c1-17-15-22(18(2)33(17)20-10-8-19(9-11-20)28(35)36)27-26(23-7-5-6-14-30-23)31-29(40)34(27)21-12-13-25(39-3)24(16-21)32-41(4,37)38/h5-16,26-27,32H,1-4H3,(H,31,40)(H,35,36)/t26-,27+/m1/s1. The maximum atomic E-state index is 12.1. The molecule has 0 spiro atoms. The number of hydrogen-bond acceptors (Lipinski definition) is 6. The number of aromatic nitrogens is 2. The van der Waals surface area contributed by atoms with Gasteiger partial charge in [-0.1, -0.05) is 6.07 Å². The van der Waals surface area contributed by atoms with Crippen molar-refractivity contribution in [2.75, 3.05) is 23.0 Å². The average molecular weight is 592 g/mol. The van der Waals surface area contributed by atoms with Crippen molar-refractivity contribution in [3.05, 3.63) is 101 Å². The Morgan fingerprint density at radius 1 is 1.07 bits per heavy atom. The first kappa shape index (κ1) is 28.1. The number of thiocarbonyl (C=S) groups is 1. The number of carbonyl (C=O) groups is 1. The number of methoxy groups -OCH3 is 1. The van der Waals surface area contributed by atoms with E-state index < -0.39 is 16.0 Å². The van der Waals surface area contributed by atoms with Crippen LogP contribution in [0, 0.1) is 13.8 Å². The van der Waals surface area contributed by atoms with Gasteiger partial charge in [0.25, 0.3) is 0 Å². The van der Waals surface area contributed by atoms with Crippen LogP contribution in [0.2, 0.25) is 0 Å². The molecule has 5 rings (SSSR count). The van der Waals surface area contributed by atoms with E-state index in [1.165, 1.54) is 7.11 Å². The second-order valence-electron chi connectivity index (χ2n) is 9.77. The number of aryl methyl sites for hydroxylation is 1. The van der Waals surface area contributed by atoms with Crippen molar-refractivity contribution in [3.63, 3.8) is 0 Å². The van der Waals surface area contributed by atoms with E-state index >= 15 is 0 Å². The lowest BCUT2D eigenvalue weighted by molar-refractivity contribution is 0.0697. The van der Waals surface area contributed by atoms with Gasteiger partial charge in [0.1, 0.15) is 5.75 Å². The van der Waals surface area contributed by atoms with Crippen molar-refractivity contribution < 1.29 is 23.1 Å². The van der Waals surface area contributed by atoms with E-state index in [9.17, 15) is 18.3 Å². The third kappa shape index (κ3) is 5.48. The summed E-state index contributed by atoms with van der Waals surface area (Å²) in [4.78, 5) is 18.0. The van der Waals surface area contributed by atoms with Crippen molar-refractivity contribution >= 4 is 44.7 Å². The Labute approximate surface area is 243 Å². The molecule has 212 valence electrons. The number of carboxylic acid groups (broad SMARTS) is 1. The van der Waals surface area contributed by atoms with E-state index in [1.54, 1.807) is 42.6 Å². The fourth-order valence-corrected chi connectivity index (χ4v) is 6.22. The van der Waals surface area contributed by atoms with Crippen molar-refractivity contribution in [3.8, 4) is 11.4 Å². The lowest BCUT2D eigenvalue weighted by Crippen LogP contribution is -2.29. The highest BCUT2D eigenvalue weighted by molar-refractivity contribution is 7.92. The number of hydrogen-bond donors (Lipinski definition) is 3. The highest BCUT2D eigenvalue weighted by Crippen LogP contribution is 2.45. The molecule has 0 aliphatic carbocycles. The average Bonchev–Trinajstić information content (AvgIpc) is 3.43. The van der Waals surface area contributed by atoms with Crippen molar-refractivity contribution in [2.24, 2.45) is 0 Å². The Hall–Kier alpha value is -4.42. The van der Waals surface area contributed by atoms with Crippen LogP contribution in [0.25, 0.3) is 5.69 Å². The van der Waals surface area contributed by atoms with Gasteiger partial charge in [-0.2, -0.15) is 0 Å². The molecular formula is C29H29N5O5S2. The molecule has 0 unspecified atom stereocenters. The number of sulfonamides is 1. The third-order valence-electron chi connectivity index (χ3n) is 7.02. The second kappa shape index (κ2) is 10.9. The molecule has 2 aromatic heterocycles. The highest BCUT2D eigenvalue weighted by atomic mass is 32.2. The Morgan fingerprint density at radius 2 is 1.78 bits per heavy atom. The monoisotopic (exact) mass is 591 g/mol. The van der Waals surface area contributed by atoms with Crippen LogP contribution in [0.5, 0.6) is 5.75 Å². The van der Waals surface area contributed by atoms with Crippen LogP contribution in [0.15, 0.2) is 72.9 Å². The number of anilines is 2. The van der Waals surface area contributed by atoms with Gasteiger partial charge in [-0.3, -0.25) is 9.71 Å². The predicted octanol–water partition coefficient (Wildman–Crippen LogP) is 4.74. The quantitative estimate of drug-likeness (QED) is 0.249. The fraction of sp³-hybridized carbons (Fsp3) is 0.207. The number of carboxylic acids is 1. The summed E-state index contributed by atoms with van der Waals surface area (Å²) < 4.78 is 34.2. The predicted molar refractivity (Wildman–Crippen MR) is 162 cm³/mol. The molecule has 3 N–H and O–H groups in total. The van der Waals surface area contributed by atoms with E-state index in [0.717, 1.165) is 34.6 Å². The summed E-state index contributed by atoms with van der Waals surface area (Å²) in [6.07, 6.45) is 2.81. The van der Waals surface area contributed by atoms with E-state index in [1.807, 2.05) is 43.0 Å². The summed E-state index contributed by atoms with van der Waals surface area (Å²) in [5, 5.41) is 13.2. The van der Waals surface area contributed by atoms with Gasteiger partial charge in [0.2, 0.25) is 10.0 Å². The number of ether oxygens (including phenoxy) is 1. The molecular weight excluding hydrogens is 562 g/mol. The number of benzene rings is 2. The molecule has 4 aromatic rings. The summed E-state index contributed by atoms with van der Waals surface area (Å²) in [6.45, 7) is 4.00. The maximum absolute atomic E-state index is 12.1. The van der Waals surface area contributed by atoms with Crippen LogP contribution in [0.3, 0.4) is 0 Å². The first-order valence-corrected chi connectivity index (χ1v) is 15.0. The molecule has 1 saturated heterocycles. The summed E-state index contributed by atoms with van der Waals surface area (Å²) >= 11 is 5.86. The fourth-order valence-electron chi connectivity index (χ4n) is 5.31. The molecule has 2 aromatic carbocycles. The van der Waals surface area contributed by atoms with Gasteiger partial charge < -0.3 is 24.6 Å². The molecule has 41 heavy (non-hydrogen) atoms. The van der Waals surface area contributed by atoms with Gasteiger partial charge in [0.05, 0.1) is 42.4 Å². The van der Waals surface area contributed by atoms with Crippen molar-refractivity contribution in [1.82, 2.24) is 14.9 Å². The van der Waals surface area contributed by atoms with Gasteiger partial charge in [-0.15, -0.1) is 0 Å². The molecule has 1 aliphatic rings. The van der Waals surface area contributed by atoms with Crippen molar-refractivity contribution in [1.29, 1.82) is 0 Å². The van der Waals surface area contributed by atoms with Gasteiger partial charge in [-0.25, -0.2) is 13.2 Å². The van der Waals surface area contributed by atoms with Crippen LogP contribution >= 0.6 is 12.2 Å². The van der Waals surface area contributed by atoms with Gasteiger partial charge in [0.15, 0.2) is 5.11 Å². The lowest BCUT2D eigenvalue weighted by Gasteiger charge is -2.29. The van der Waals surface area contributed by atoms with E-state index in [-0.39, 0.29) is 17.6 Å². The summed E-state index contributed by atoms with van der Waals surface area (Å²) in [5.74, 6) is -0.611. The molecule has 1 aliphatic heterocycles. The van der Waals surface area contributed by atoms with E-state index in [2.05, 4.69) is 25.7 Å². The topological polar surface area (TPSA) is 126 Å². The van der Waals surface area contributed by atoms with Gasteiger partial charge in [-0.05, 0) is 92.3 Å². The number of rotatable bonds is 8. The van der Waals surface area contributed by atoms with Gasteiger partial charge >= 0.3 is 5.97 Å². The molecule has 1 fully saturated rings. The Bertz CT molecular complexity index is 1740. The SMILES string of the molecule is COc1ccc(N2C(=S)N[C@H](c3ccccn3)[C@@H]2c2cc(C)n(-c3ccc(C(=O)O)cc3)c2C)cc1NS(C)(=O)=O. The zero-order chi connectivity index (χ0) is 29.5. The minimum Gasteiger partial charge on any atom is -0.495 e. The third-order valence-corrected chi connectivity index (χ3v) is 7.92. The first-order valence-electron chi connectivity index (χ1n) is 12.7. The number of aromatic carboxylic acids is 1. The summed E-state index contributed by atoms with van der Waals surface area (Å²) in [7, 11) is -2.10. The molecule has 12 heteroatoms. The molecule has 0 saturated carbocycles. The maximum Gasteiger partial charge on any atom is 0.335 e. The molecule has 0 radical (unpaired) electrons. The van der Waals surface area contributed by atoms with E-state index in [4.69, 9.17) is 17.0 Å². The normalized spacial score (nSPS) is 16.9. The largest absolute Gasteiger partial charge is 0.495 e. The zero-order valence-electron chi connectivity index (χ0n) is 22.8. The molecule has 0 bridgehead atoms. The zero-order valence-corrected chi connectivity index (χ0v) is 24.5. The number of nitrogens with one attached hydrogen (secondary N) is 2. The molecule has 3 heterocycles. The van der Waals surface area contributed by atoms with Crippen LogP contribution < -0.4 is 19.7 Å².